The Kier molecular flexibility index (Phi) is 10.4. The molecule has 1 aromatic heterocycles. The highest BCUT2D eigenvalue weighted by atomic mass is 32.2. The number of nitrogens with one attached hydrogen (secondary N) is 1. The Balaban J connectivity index is 1.48. The Morgan fingerprint density at radius 2 is 1.97 bits per heavy atom. The molecule has 1 aliphatic carbocycles. The molecule has 3 rings (SSSR count). The Labute approximate surface area is 202 Å². The first-order valence-electron chi connectivity index (χ1n) is 12.2. The SMILES string of the molecule is CCCCCCOc1ccc(C(=O)NCCCc2nnc(SC)n2C2CCCC2)cc1OC. The molecule has 1 aliphatic rings. The predicted octanol–water partition coefficient (Wildman–Crippen LogP) is 5.45. The molecule has 182 valence electrons. The first kappa shape index (κ1) is 25.4. The summed E-state index contributed by atoms with van der Waals surface area (Å²) in [5.41, 5.74) is 0.573. The van der Waals surface area contributed by atoms with Gasteiger partial charge in [0.05, 0.1) is 13.7 Å². The van der Waals surface area contributed by atoms with Crippen molar-refractivity contribution in [2.75, 3.05) is 26.5 Å². The van der Waals surface area contributed by atoms with E-state index in [0.717, 1.165) is 36.7 Å². The zero-order valence-corrected chi connectivity index (χ0v) is 21.1. The maximum atomic E-state index is 12.7. The number of aryl methyl sites for hydroxylation is 1. The minimum absolute atomic E-state index is 0.107. The smallest absolute Gasteiger partial charge is 0.251 e. The van der Waals surface area contributed by atoms with Crippen molar-refractivity contribution in [2.45, 2.75) is 82.3 Å². The van der Waals surface area contributed by atoms with E-state index in [9.17, 15) is 4.79 Å². The average Bonchev–Trinajstić information content (AvgIpc) is 3.51. The van der Waals surface area contributed by atoms with Gasteiger partial charge in [0.2, 0.25) is 0 Å². The number of carbonyl (C=O) groups is 1. The van der Waals surface area contributed by atoms with Crippen LogP contribution in [0.3, 0.4) is 0 Å². The van der Waals surface area contributed by atoms with Gasteiger partial charge in [-0.15, -0.1) is 10.2 Å². The lowest BCUT2D eigenvalue weighted by Crippen LogP contribution is -2.25. The number of rotatable bonds is 14. The van der Waals surface area contributed by atoms with Gasteiger partial charge in [-0.3, -0.25) is 4.79 Å². The van der Waals surface area contributed by atoms with Crippen LogP contribution in [0.25, 0.3) is 0 Å². The minimum Gasteiger partial charge on any atom is -0.493 e. The van der Waals surface area contributed by atoms with Crippen LogP contribution in [0.4, 0.5) is 0 Å². The van der Waals surface area contributed by atoms with Crippen molar-refractivity contribution in [3.8, 4) is 11.5 Å². The van der Waals surface area contributed by atoms with E-state index in [0.29, 0.717) is 36.3 Å². The van der Waals surface area contributed by atoms with Crippen LogP contribution >= 0.6 is 11.8 Å². The lowest BCUT2D eigenvalue weighted by atomic mass is 10.1. The zero-order valence-electron chi connectivity index (χ0n) is 20.3. The van der Waals surface area contributed by atoms with Crippen molar-refractivity contribution >= 4 is 17.7 Å². The van der Waals surface area contributed by atoms with Gasteiger partial charge in [-0.25, -0.2) is 0 Å². The number of ether oxygens (including phenoxy) is 2. The third-order valence-corrected chi connectivity index (χ3v) is 6.80. The predicted molar refractivity (Wildman–Crippen MR) is 133 cm³/mol. The highest BCUT2D eigenvalue weighted by Crippen LogP contribution is 2.33. The van der Waals surface area contributed by atoms with E-state index in [2.05, 4.69) is 33.3 Å². The maximum absolute atomic E-state index is 12.7. The second-order valence-electron chi connectivity index (χ2n) is 8.55. The Morgan fingerprint density at radius 1 is 1.15 bits per heavy atom. The first-order valence-corrected chi connectivity index (χ1v) is 13.5. The van der Waals surface area contributed by atoms with Crippen LogP contribution in [0, 0.1) is 0 Å². The molecule has 0 saturated heterocycles. The molecule has 1 aromatic carbocycles. The largest absolute Gasteiger partial charge is 0.493 e. The lowest BCUT2D eigenvalue weighted by Gasteiger charge is -2.16. The second-order valence-corrected chi connectivity index (χ2v) is 9.32. The van der Waals surface area contributed by atoms with Crippen LogP contribution in [-0.4, -0.2) is 47.2 Å². The van der Waals surface area contributed by atoms with Crippen LogP contribution in [0.15, 0.2) is 23.4 Å². The lowest BCUT2D eigenvalue weighted by molar-refractivity contribution is 0.0952. The fourth-order valence-electron chi connectivity index (χ4n) is 4.34. The number of carbonyl (C=O) groups excluding carboxylic acids is 1. The monoisotopic (exact) mass is 474 g/mol. The minimum atomic E-state index is -0.107. The van der Waals surface area contributed by atoms with E-state index in [-0.39, 0.29) is 5.91 Å². The van der Waals surface area contributed by atoms with E-state index < -0.39 is 0 Å². The normalized spacial score (nSPS) is 13.9. The van der Waals surface area contributed by atoms with Gasteiger partial charge in [0, 0.05) is 24.6 Å². The van der Waals surface area contributed by atoms with Crippen LogP contribution in [-0.2, 0) is 6.42 Å². The van der Waals surface area contributed by atoms with Gasteiger partial charge in [0.1, 0.15) is 5.82 Å². The highest BCUT2D eigenvalue weighted by molar-refractivity contribution is 7.98. The number of hydrogen-bond donors (Lipinski definition) is 1. The van der Waals surface area contributed by atoms with Gasteiger partial charge in [-0.2, -0.15) is 0 Å². The molecule has 1 amide bonds. The Bertz CT molecular complexity index is 881. The summed E-state index contributed by atoms with van der Waals surface area (Å²) in [5.74, 6) is 2.20. The summed E-state index contributed by atoms with van der Waals surface area (Å²) in [6.07, 6.45) is 13.2. The van der Waals surface area contributed by atoms with Crippen molar-refractivity contribution in [2.24, 2.45) is 0 Å². The molecule has 0 spiro atoms. The van der Waals surface area contributed by atoms with Gasteiger partial charge in [-0.1, -0.05) is 50.8 Å². The molecule has 0 atom stereocenters. The molecule has 0 unspecified atom stereocenters. The molecule has 1 heterocycles. The van der Waals surface area contributed by atoms with Crippen molar-refractivity contribution in [1.29, 1.82) is 0 Å². The van der Waals surface area contributed by atoms with E-state index in [1.807, 2.05) is 6.07 Å². The molecular formula is C25H38N4O3S. The quantitative estimate of drug-likeness (QED) is 0.290. The van der Waals surface area contributed by atoms with Gasteiger partial charge in [0.15, 0.2) is 16.7 Å². The summed E-state index contributed by atoms with van der Waals surface area (Å²) >= 11 is 1.65. The third kappa shape index (κ3) is 7.13. The summed E-state index contributed by atoms with van der Waals surface area (Å²) in [6.45, 7) is 3.44. The van der Waals surface area contributed by atoms with Gasteiger partial charge >= 0.3 is 0 Å². The van der Waals surface area contributed by atoms with Crippen molar-refractivity contribution in [1.82, 2.24) is 20.1 Å². The molecule has 33 heavy (non-hydrogen) atoms. The number of amides is 1. The first-order chi connectivity index (χ1) is 16.2. The molecule has 8 heteroatoms. The summed E-state index contributed by atoms with van der Waals surface area (Å²) in [7, 11) is 1.60. The number of aromatic nitrogens is 3. The molecular weight excluding hydrogens is 436 g/mol. The highest BCUT2D eigenvalue weighted by Gasteiger charge is 2.23. The maximum Gasteiger partial charge on any atom is 0.251 e. The fourth-order valence-corrected chi connectivity index (χ4v) is 4.91. The van der Waals surface area contributed by atoms with E-state index in [4.69, 9.17) is 9.47 Å². The van der Waals surface area contributed by atoms with Crippen molar-refractivity contribution in [3.63, 3.8) is 0 Å². The number of benzene rings is 1. The Morgan fingerprint density at radius 3 is 2.70 bits per heavy atom. The van der Waals surface area contributed by atoms with E-state index >= 15 is 0 Å². The number of thioether (sulfide) groups is 1. The number of nitrogens with zero attached hydrogens (tertiary/aromatic N) is 3. The topological polar surface area (TPSA) is 78.3 Å². The summed E-state index contributed by atoms with van der Waals surface area (Å²) in [5, 5.41) is 12.8. The molecule has 0 bridgehead atoms. The van der Waals surface area contributed by atoms with Crippen LogP contribution in [0.1, 0.15) is 86.9 Å². The third-order valence-electron chi connectivity index (χ3n) is 6.15. The summed E-state index contributed by atoms with van der Waals surface area (Å²) < 4.78 is 13.6. The Hall–Kier alpha value is -2.22. The van der Waals surface area contributed by atoms with Gasteiger partial charge in [0.25, 0.3) is 5.91 Å². The molecule has 1 N–H and O–H groups in total. The van der Waals surface area contributed by atoms with Crippen molar-refractivity contribution in [3.05, 3.63) is 29.6 Å². The molecule has 1 fully saturated rings. The fraction of sp³-hybridized carbons (Fsp3) is 0.640. The number of unbranched alkanes of at least 4 members (excludes halogenated alkanes) is 3. The zero-order chi connectivity index (χ0) is 23.5. The average molecular weight is 475 g/mol. The van der Waals surface area contributed by atoms with E-state index in [1.54, 1.807) is 31.0 Å². The number of methoxy groups -OCH3 is 1. The molecule has 0 aliphatic heterocycles. The van der Waals surface area contributed by atoms with Crippen LogP contribution in [0.2, 0.25) is 0 Å². The summed E-state index contributed by atoms with van der Waals surface area (Å²) in [4.78, 5) is 12.7. The standard InChI is InChI=1S/C25H38N4O3S/c1-4-5-6-9-17-32-21-15-14-19(18-22(21)31-2)24(30)26-16-10-13-23-27-28-25(33-3)29(23)20-11-7-8-12-20/h14-15,18,20H,4-13,16-17H2,1-3H3,(H,26,30). The molecule has 1 saturated carbocycles. The molecule has 2 aromatic rings. The summed E-state index contributed by atoms with van der Waals surface area (Å²) in [6, 6.07) is 5.88. The van der Waals surface area contributed by atoms with Crippen LogP contribution in [0.5, 0.6) is 11.5 Å². The van der Waals surface area contributed by atoms with Crippen molar-refractivity contribution < 1.29 is 14.3 Å². The molecule has 7 nitrogen and oxygen atoms in total. The van der Waals surface area contributed by atoms with Gasteiger partial charge in [-0.05, 0) is 50.1 Å². The second kappa shape index (κ2) is 13.5. The number of hydrogen-bond acceptors (Lipinski definition) is 6. The van der Waals surface area contributed by atoms with Crippen LogP contribution < -0.4 is 14.8 Å². The van der Waals surface area contributed by atoms with Gasteiger partial charge < -0.3 is 19.4 Å². The van der Waals surface area contributed by atoms with E-state index in [1.165, 1.54) is 38.5 Å². The molecule has 0 radical (unpaired) electrons.